The Kier molecular flexibility index (Phi) is 10.9. The molecule has 1 aromatic heterocycles. The second kappa shape index (κ2) is 11.5. The Morgan fingerprint density at radius 3 is 2.81 bits per heavy atom. The number of halogens is 1. The highest BCUT2D eigenvalue weighted by Crippen LogP contribution is 2.01. The third-order valence-electron chi connectivity index (χ3n) is 3.18. The molecule has 1 heterocycles. The standard InChI is InChI=1S/C14H26N6.HI/c1-5-6-7-8-9-10-19(3)14(15-2)16-11-13-18-17-12-20(13)4;/h5,12H,1,6-11H2,2-4H3,(H,15,16);1H. The lowest BCUT2D eigenvalue weighted by Gasteiger charge is -2.21. The normalized spacial score (nSPS) is 10.9. The molecule has 0 spiro atoms. The smallest absolute Gasteiger partial charge is 0.193 e. The minimum Gasteiger partial charge on any atom is -0.349 e. The van der Waals surface area contributed by atoms with Crippen molar-refractivity contribution in [1.82, 2.24) is 25.0 Å². The average Bonchev–Trinajstić information content (AvgIpc) is 2.85. The van der Waals surface area contributed by atoms with E-state index in [0.717, 1.165) is 31.2 Å². The number of unbranched alkanes of at least 4 members (excludes halogenated alkanes) is 3. The Morgan fingerprint density at radius 1 is 1.48 bits per heavy atom. The van der Waals surface area contributed by atoms with Crippen molar-refractivity contribution < 1.29 is 0 Å². The number of allylic oxidation sites excluding steroid dienone is 1. The number of nitrogens with zero attached hydrogens (tertiary/aromatic N) is 5. The molecular formula is C14H27IN6. The summed E-state index contributed by atoms with van der Waals surface area (Å²) in [6.45, 7) is 5.36. The molecule has 0 aliphatic heterocycles. The lowest BCUT2D eigenvalue weighted by Crippen LogP contribution is -2.39. The van der Waals surface area contributed by atoms with Crippen LogP contribution in [0.3, 0.4) is 0 Å². The fourth-order valence-electron chi connectivity index (χ4n) is 1.93. The highest BCUT2D eigenvalue weighted by molar-refractivity contribution is 14.0. The van der Waals surface area contributed by atoms with Crippen LogP contribution in [0.5, 0.6) is 0 Å². The molecule has 0 atom stereocenters. The van der Waals surface area contributed by atoms with Crippen LogP contribution in [-0.4, -0.2) is 46.3 Å². The maximum atomic E-state index is 4.29. The van der Waals surface area contributed by atoms with Crippen molar-refractivity contribution in [3.63, 3.8) is 0 Å². The number of nitrogens with one attached hydrogen (secondary N) is 1. The fourth-order valence-corrected chi connectivity index (χ4v) is 1.93. The number of aromatic nitrogens is 3. The van der Waals surface area contributed by atoms with E-state index >= 15 is 0 Å². The van der Waals surface area contributed by atoms with Gasteiger partial charge in [-0.1, -0.05) is 12.5 Å². The van der Waals surface area contributed by atoms with Crippen LogP contribution in [0.4, 0.5) is 0 Å². The molecule has 0 radical (unpaired) electrons. The molecule has 0 bridgehead atoms. The van der Waals surface area contributed by atoms with E-state index < -0.39 is 0 Å². The quantitative estimate of drug-likeness (QED) is 0.237. The molecule has 7 heteroatoms. The van der Waals surface area contributed by atoms with Gasteiger partial charge in [-0.05, 0) is 19.3 Å². The zero-order chi connectivity index (χ0) is 14.8. The van der Waals surface area contributed by atoms with E-state index in [1.165, 1.54) is 12.8 Å². The van der Waals surface area contributed by atoms with Crippen molar-refractivity contribution in [2.45, 2.75) is 32.2 Å². The molecule has 1 N–H and O–H groups in total. The van der Waals surface area contributed by atoms with Crippen LogP contribution in [0.25, 0.3) is 0 Å². The summed E-state index contributed by atoms with van der Waals surface area (Å²) in [5, 5.41) is 11.2. The van der Waals surface area contributed by atoms with Crippen LogP contribution in [0.2, 0.25) is 0 Å². The summed E-state index contributed by atoms with van der Waals surface area (Å²) in [5.41, 5.74) is 0. The highest BCUT2D eigenvalue weighted by atomic mass is 127. The van der Waals surface area contributed by atoms with E-state index in [1.807, 2.05) is 17.7 Å². The largest absolute Gasteiger partial charge is 0.349 e. The van der Waals surface area contributed by atoms with E-state index in [0.29, 0.717) is 6.54 Å². The number of hydrogen-bond acceptors (Lipinski definition) is 3. The molecule has 0 saturated carbocycles. The van der Waals surface area contributed by atoms with Crippen LogP contribution >= 0.6 is 24.0 Å². The predicted octanol–water partition coefficient (Wildman–Crippen LogP) is 2.19. The second-order valence-electron chi connectivity index (χ2n) is 4.82. The molecule has 21 heavy (non-hydrogen) atoms. The van der Waals surface area contributed by atoms with E-state index in [1.54, 1.807) is 13.4 Å². The Hall–Kier alpha value is -1.12. The van der Waals surface area contributed by atoms with Gasteiger partial charge in [0.2, 0.25) is 0 Å². The van der Waals surface area contributed by atoms with Crippen LogP contribution in [0.15, 0.2) is 24.0 Å². The lowest BCUT2D eigenvalue weighted by atomic mass is 10.2. The maximum Gasteiger partial charge on any atom is 0.193 e. The first-order chi connectivity index (χ1) is 9.69. The van der Waals surface area contributed by atoms with Gasteiger partial charge >= 0.3 is 0 Å². The molecule has 0 aromatic carbocycles. The van der Waals surface area contributed by atoms with Gasteiger partial charge in [-0.25, -0.2) is 0 Å². The van der Waals surface area contributed by atoms with Gasteiger partial charge in [-0.3, -0.25) is 4.99 Å². The van der Waals surface area contributed by atoms with Gasteiger partial charge in [-0.15, -0.1) is 40.8 Å². The SMILES string of the molecule is C=CCCCCCN(C)C(=NC)NCc1nncn1C.I. The first kappa shape index (κ1) is 19.9. The number of hydrogen-bond donors (Lipinski definition) is 1. The number of aliphatic imine (C=N–C) groups is 1. The fraction of sp³-hybridized carbons (Fsp3) is 0.643. The van der Waals surface area contributed by atoms with Gasteiger partial charge in [0, 0.05) is 27.7 Å². The zero-order valence-electron chi connectivity index (χ0n) is 13.2. The highest BCUT2D eigenvalue weighted by Gasteiger charge is 2.07. The van der Waals surface area contributed by atoms with Crippen LogP contribution < -0.4 is 5.32 Å². The van der Waals surface area contributed by atoms with Gasteiger partial charge in [0.05, 0.1) is 6.54 Å². The van der Waals surface area contributed by atoms with E-state index in [9.17, 15) is 0 Å². The first-order valence-electron chi connectivity index (χ1n) is 7.04. The lowest BCUT2D eigenvalue weighted by molar-refractivity contribution is 0.453. The Morgan fingerprint density at radius 2 is 2.24 bits per heavy atom. The molecule has 0 saturated heterocycles. The van der Waals surface area contributed by atoms with Gasteiger partial charge in [0.15, 0.2) is 11.8 Å². The summed E-state index contributed by atoms with van der Waals surface area (Å²) in [4.78, 5) is 6.43. The van der Waals surface area contributed by atoms with Crippen LogP contribution in [0.1, 0.15) is 31.5 Å². The minimum atomic E-state index is 0. The van der Waals surface area contributed by atoms with Crippen molar-refractivity contribution in [3.8, 4) is 0 Å². The summed E-state index contributed by atoms with van der Waals surface area (Å²) in [6.07, 6.45) is 8.37. The molecular weight excluding hydrogens is 379 g/mol. The van der Waals surface area contributed by atoms with Crippen LogP contribution in [0, 0.1) is 0 Å². The summed E-state index contributed by atoms with van der Waals surface area (Å²) in [6, 6.07) is 0. The molecule has 0 unspecified atom stereocenters. The minimum absolute atomic E-state index is 0. The Bertz CT molecular complexity index is 429. The van der Waals surface area contributed by atoms with Gasteiger partial charge < -0.3 is 14.8 Å². The molecule has 1 rings (SSSR count). The van der Waals surface area contributed by atoms with Crippen molar-refractivity contribution in [2.75, 3.05) is 20.6 Å². The predicted molar refractivity (Wildman–Crippen MR) is 97.9 cm³/mol. The molecule has 0 amide bonds. The third kappa shape index (κ3) is 7.45. The number of guanidine groups is 1. The molecule has 0 aliphatic carbocycles. The average molecular weight is 406 g/mol. The van der Waals surface area contributed by atoms with Gasteiger partial charge in [-0.2, -0.15) is 0 Å². The molecule has 120 valence electrons. The van der Waals surface area contributed by atoms with E-state index in [-0.39, 0.29) is 24.0 Å². The Labute approximate surface area is 144 Å². The third-order valence-corrected chi connectivity index (χ3v) is 3.18. The van der Waals surface area contributed by atoms with Crippen molar-refractivity contribution >= 4 is 29.9 Å². The molecule has 1 aromatic rings. The molecule has 0 fully saturated rings. The van der Waals surface area contributed by atoms with Gasteiger partial charge in [0.1, 0.15) is 6.33 Å². The van der Waals surface area contributed by atoms with Gasteiger partial charge in [0.25, 0.3) is 0 Å². The number of rotatable bonds is 8. The van der Waals surface area contributed by atoms with Crippen molar-refractivity contribution in [1.29, 1.82) is 0 Å². The Balaban J connectivity index is 0.00000400. The van der Waals surface area contributed by atoms with E-state index in [4.69, 9.17) is 0 Å². The number of aryl methyl sites for hydroxylation is 1. The zero-order valence-corrected chi connectivity index (χ0v) is 15.6. The van der Waals surface area contributed by atoms with Crippen molar-refractivity contribution in [2.24, 2.45) is 12.0 Å². The molecule has 0 aliphatic rings. The first-order valence-corrected chi connectivity index (χ1v) is 7.04. The summed E-state index contributed by atoms with van der Waals surface area (Å²) < 4.78 is 1.90. The second-order valence-corrected chi connectivity index (χ2v) is 4.82. The molecule has 6 nitrogen and oxygen atoms in total. The summed E-state index contributed by atoms with van der Waals surface area (Å²) in [5.74, 6) is 1.78. The maximum absolute atomic E-state index is 4.29. The van der Waals surface area contributed by atoms with Crippen molar-refractivity contribution in [3.05, 3.63) is 24.8 Å². The monoisotopic (exact) mass is 406 g/mol. The van der Waals surface area contributed by atoms with Crippen LogP contribution in [-0.2, 0) is 13.6 Å². The van der Waals surface area contributed by atoms with E-state index in [2.05, 4.69) is 39.0 Å². The topological polar surface area (TPSA) is 58.3 Å². The summed E-state index contributed by atoms with van der Waals surface area (Å²) in [7, 11) is 5.79. The summed E-state index contributed by atoms with van der Waals surface area (Å²) >= 11 is 0.